The largest absolute Gasteiger partial charge is 0.322 e. The number of halogens is 2. The lowest BCUT2D eigenvalue weighted by Crippen LogP contribution is -2.27. The number of pyridine rings is 1. The van der Waals surface area contributed by atoms with Gasteiger partial charge in [0.25, 0.3) is 5.56 Å². The molecule has 2 aromatic heterocycles. The van der Waals surface area contributed by atoms with Crippen LogP contribution in [-0.2, 0) is 0 Å². The molecule has 0 saturated heterocycles. The normalized spacial score (nSPS) is 12.5. The van der Waals surface area contributed by atoms with Gasteiger partial charge in [-0.1, -0.05) is 23.2 Å². The molecule has 0 aliphatic heterocycles. The third-order valence-electron chi connectivity index (χ3n) is 3.26. The first-order chi connectivity index (χ1) is 10.5. The molecule has 22 heavy (non-hydrogen) atoms. The minimum atomic E-state index is -0.465. The van der Waals surface area contributed by atoms with E-state index in [0.717, 1.165) is 0 Å². The molecular weight excluding hydrogens is 323 g/mol. The van der Waals surface area contributed by atoms with Crippen LogP contribution < -0.4 is 11.3 Å². The molecule has 112 valence electrons. The van der Waals surface area contributed by atoms with E-state index >= 15 is 0 Å². The van der Waals surface area contributed by atoms with Crippen LogP contribution in [0.2, 0.25) is 10.0 Å². The standard InChI is InChI=1S/C15H12Cl2N4O/c1-8(18)14-20-13-11(17)5-4-10(16)12(13)15(22)21(14)9-3-2-6-19-7-9/h2-8H,18H2,1H3. The van der Waals surface area contributed by atoms with E-state index in [1.807, 2.05) is 0 Å². The average molecular weight is 335 g/mol. The van der Waals surface area contributed by atoms with Gasteiger partial charge in [0.1, 0.15) is 5.82 Å². The summed E-state index contributed by atoms with van der Waals surface area (Å²) in [4.78, 5) is 21.4. The van der Waals surface area contributed by atoms with Gasteiger partial charge in [-0.3, -0.25) is 14.3 Å². The Labute approximate surface area is 136 Å². The van der Waals surface area contributed by atoms with Crippen LogP contribution in [0.5, 0.6) is 0 Å². The van der Waals surface area contributed by atoms with Gasteiger partial charge in [-0.2, -0.15) is 0 Å². The molecule has 0 aliphatic carbocycles. The second-order valence-electron chi connectivity index (χ2n) is 4.86. The Balaban J connectivity index is 2.51. The number of benzene rings is 1. The minimum absolute atomic E-state index is 0.266. The monoisotopic (exact) mass is 334 g/mol. The second kappa shape index (κ2) is 5.68. The molecule has 0 fully saturated rings. The summed E-state index contributed by atoms with van der Waals surface area (Å²) < 4.78 is 1.42. The highest BCUT2D eigenvalue weighted by molar-refractivity contribution is 6.39. The van der Waals surface area contributed by atoms with Crippen LogP contribution in [0.4, 0.5) is 0 Å². The smallest absolute Gasteiger partial charge is 0.267 e. The Morgan fingerprint density at radius 2 is 1.95 bits per heavy atom. The molecule has 3 rings (SSSR count). The molecule has 0 bridgehead atoms. The highest BCUT2D eigenvalue weighted by Crippen LogP contribution is 2.27. The van der Waals surface area contributed by atoms with Crippen LogP contribution in [0.1, 0.15) is 18.8 Å². The second-order valence-corrected chi connectivity index (χ2v) is 5.68. The molecule has 3 aromatic rings. The van der Waals surface area contributed by atoms with Crippen molar-refractivity contribution in [3.05, 3.63) is 62.9 Å². The fourth-order valence-corrected chi connectivity index (χ4v) is 2.71. The number of fused-ring (bicyclic) bond motifs is 1. The van der Waals surface area contributed by atoms with Crippen LogP contribution in [0, 0.1) is 0 Å². The van der Waals surface area contributed by atoms with Crippen molar-refractivity contribution < 1.29 is 0 Å². The first kappa shape index (κ1) is 15.0. The van der Waals surface area contributed by atoms with Crippen molar-refractivity contribution in [2.75, 3.05) is 0 Å². The summed E-state index contributed by atoms with van der Waals surface area (Å²) in [5.74, 6) is 0.398. The van der Waals surface area contributed by atoms with E-state index in [1.54, 1.807) is 43.6 Å². The summed E-state index contributed by atoms with van der Waals surface area (Å²) >= 11 is 12.3. The molecule has 0 spiro atoms. The first-order valence-corrected chi connectivity index (χ1v) is 7.33. The molecule has 0 aliphatic rings. The van der Waals surface area contributed by atoms with Crippen molar-refractivity contribution in [2.24, 2.45) is 5.73 Å². The average Bonchev–Trinajstić information content (AvgIpc) is 2.51. The van der Waals surface area contributed by atoms with Gasteiger partial charge < -0.3 is 5.73 Å². The maximum atomic E-state index is 12.9. The summed E-state index contributed by atoms with van der Waals surface area (Å²) in [5.41, 5.74) is 6.59. The number of hydrogen-bond donors (Lipinski definition) is 1. The van der Waals surface area contributed by atoms with E-state index in [4.69, 9.17) is 28.9 Å². The zero-order valence-electron chi connectivity index (χ0n) is 11.6. The Morgan fingerprint density at radius 1 is 1.23 bits per heavy atom. The third kappa shape index (κ3) is 2.37. The molecule has 5 nitrogen and oxygen atoms in total. The first-order valence-electron chi connectivity index (χ1n) is 6.57. The van der Waals surface area contributed by atoms with E-state index < -0.39 is 6.04 Å². The van der Waals surface area contributed by atoms with Crippen LogP contribution in [0.15, 0.2) is 41.5 Å². The Kier molecular flexibility index (Phi) is 3.87. The Bertz CT molecular complexity index is 907. The molecule has 2 N–H and O–H groups in total. The van der Waals surface area contributed by atoms with E-state index in [2.05, 4.69) is 9.97 Å². The lowest BCUT2D eigenvalue weighted by atomic mass is 10.2. The maximum Gasteiger partial charge on any atom is 0.267 e. The molecule has 0 radical (unpaired) electrons. The molecule has 2 heterocycles. The topological polar surface area (TPSA) is 73.8 Å². The molecule has 0 saturated carbocycles. The molecule has 1 aromatic carbocycles. The SMILES string of the molecule is CC(N)c1nc2c(Cl)ccc(Cl)c2c(=O)n1-c1cccnc1. The van der Waals surface area contributed by atoms with Crippen molar-refractivity contribution >= 4 is 34.1 Å². The van der Waals surface area contributed by atoms with Gasteiger partial charge in [0, 0.05) is 6.20 Å². The lowest BCUT2D eigenvalue weighted by molar-refractivity contribution is 0.695. The Morgan fingerprint density at radius 3 is 2.59 bits per heavy atom. The van der Waals surface area contributed by atoms with Gasteiger partial charge in [-0.05, 0) is 31.2 Å². The fourth-order valence-electron chi connectivity index (χ4n) is 2.28. The van der Waals surface area contributed by atoms with E-state index in [9.17, 15) is 4.79 Å². The van der Waals surface area contributed by atoms with Crippen LogP contribution in [0.3, 0.4) is 0 Å². The fraction of sp³-hybridized carbons (Fsp3) is 0.133. The van der Waals surface area contributed by atoms with Crippen molar-refractivity contribution in [2.45, 2.75) is 13.0 Å². The van der Waals surface area contributed by atoms with Crippen LogP contribution in [-0.4, -0.2) is 14.5 Å². The number of hydrogen-bond acceptors (Lipinski definition) is 4. The zero-order valence-corrected chi connectivity index (χ0v) is 13.1. The number of nitrogens with zero attached hydrogens (tertiary/aromatic N) is 3. The van der Waals surface area contributed by atoms with E-state index in [-0.39, 0.29) is 10.9 Å². The van der Waals surface area contributed by atoms with Gasteiger partial charge in [0.2, 0.25) is 0 Å². The van der Waals surface area contributed by atoms with Gasteiger partial charge in [-0.25, -0.2) is 4.98 Å². The molecule has 1 atom stereocenters. The highest BCUT2D eigenvalue weighted by atomic mass is 35.5. The summed E-state index contributed by atoms with van der Waals surface area (Å²) in [6, 6.07) is 6.21. The predicted octanol–water partition coefficient (Wildman–Crippen LogP) is 3.11. The number of aromatic nitrogens is 3. The molecule has 7 heteroatoms. The summed E-state index contributed by atoms with van der Waals surface area (Å²) in [6.07, 6.45) is 3.19. The minimum Gasteiger partial charge on any atom is -0.322 e. The molecular formula is C15H12Cl2N4O. The van der Waals surface area contributed by atoms with Gasteiger partial charge in [0.15, 0.2) is 0 Å². The van der Waals surface area contributed by atoms with Gasteiger partial charge >= 0.3 is 0 Å². The quantitative estimate of drug-likeness (QED) is 0.781. The van der Waals surface area contributed by atoms with Gasteiger partial charge in [0.05, 0.1) is 38.9 Å². The van der Waals surface area contributed by atoms with E-state index in [1.165, 1.54) is 4.57 Å². The molecule has 1 unspecified atom stereocenters. The van der Waals surface area contributed by atoms with Crippen LogP contribution >= 0.6 is 23.2 Å². The number of nitrogens with two attached hydrogens (primary N) is 1. The predicted molar refractivity (Wildman–Crippen MR) is 87.8 cm³/mol. The van der Waals surface area contributed by atoms with Crippen molar-refractivity contribution in [1.29, 1.82) is 0 Å². The zero-order chi connectivity index (χ0) is 15.9. The summed E-state index contributed by atoms with van der Waals surface area (Å²) in [6.45, 7) is 1.75. The van der Waals surface area contributed by atoms with Crippen molar-refractivity contribution in [3.63, 3.8) is 0 Å². The molecule has 0 amide bonds. The lowest BCUT2D eigenvalue weighted by Gasteiger charge is -2.16. The highest BCUT2D eigenvalue weighted by Gasteiger charge is 2.18. The summed E-state index contributed by atoms with van der Waals surface area (Å²) in [5, 5.41) is 0.921. The van der Waals surface area contributed by atoms with E-state index in [0.29, 0.717) is 27.1 Å². The maximum absolute atomic E-state index is 12.9. The third-order valence-corrected chi connectivity index (χ3v) is 3.88. The summed E-state index contributed by atoms with van der Waals surface area (Å²) in [7, 11) is 0. The van der Waals surface area contributed by atoms with Crippen LogP contribution in [0.25, 0.3) is 16.6 Å². The van der Waals surface area contributed by atoms with Gasteiger partial charge in [-0.15, -0.1) is 0 Å². The Hall–Kier alpha value is -1.95. The number of rotatable bonds is 2. The van der Waals surface area contributed by atoms with Crippen molar-refractivity contribution in [3.8, 4) is 5.69 Å². The van der Waals surface area contributed by atoms with Crippen molar-refractivity contribution in [1.82, 2.24) is 14.5 Å².